The fraction of sp³-hybridized carbons (Fsp3) is 0.417. The number of rotatable bonds is 1. The molecule has 0 spiro atoms. The Bertz CT molecular complexity index is 264. The number of hydrogen-bond donors (Lipinski definition) is 1. The second-order valence-corrected chi connectivity index (χ2v) is 4.39. The van der Waals surface area contributed by atoms with Crippen LogP contribution in [0.25, 0.3) is 0 Å². The predicted molar refractivity (Wildman–Crippen MR) is 55.5 cm³/mol. The van der Waals surface area contributed by atoms with Crippen LogP contribution in [0.4, 0.5) is 0 Å². The lowest BCUT2D eigenvalue weighted by Gasteiger charge is -2.19. The Balaban J connectivity index is 2.94. The largest absolute Gasteiger partial charge is 0.388 e. The van der Waals surface area contributed by atoms with Crippen molar-refractivity contribution in [1.29, 1.82) is 0 Å². The van der Waals surface area contributed by atoms with Gasteiger partial charge in [0.25, 0.3) is 0 Å². The van der Waals surface area contributed by atoms with Gasteiger partial charge in [0.05, 0.1) is 6.10 Å². The number of aliphatic hydroxyl groups is 1. The van der Waals surface area contributed by atoms with Gasteiger partial charge < -0.3 is 5.11 Å². The van der Waals surface area contributed by atoms with Crippen molar-refractivity contribution in [2.45, 2.75) is 32.3 Å². The van der Waals surface area contributed by atoms with Crippen LogP contribution >= 0.6 is 0 Å². The van der Waals surface area contributed by atoms with E-state index < -0.39 is 6.10 Å². The third-order valence-electron chi connectivity index (χ3n) is 2.16. The van der Waals surface area contributed by atoms with Crippen LogP contribution in [0.15, 0.2) is 24.3 Å². The SMILES string of the molecule is [CH2]C(O)c1ccc(C(C)(C)C)cc1. The Morgan fingerprint density at radius 3 is 1.92 bits per heavy atom. The molecule has 0 bridgehead atoms. The molecule has 0 aliphatic carbocycles. The minimum Gasteiger partial charge on any atom is -0.388 e. The molecule has 0 amide bonds. The van der Waals surface area contributed by atoms with E-state index in [0.29, 0.717) is 0 Å². The molecule has 0 saturated heterocycles. The maximum atomic E-state index is 9.21. The van der Waals surface area contributed by atoms with Crippen molar-refractivity contribution in [2.75, 3.05) is 0 Å². The maximum absolute atomic E-state index is 9.21. The fourth-order valence-electron chi connectivity index (χ4n) is 1.21. The Labute approximate surface area is 80.4 Å². The Morgan fingerprint density at radius 2 is 1.62 bits per heavy atom. The highest BCUT2D eigenvalue weighted by Crippen LogP contribution is 2.23. The third-order valence-corrected chi connectivity index (χ3v) is 2.16. The molecule has 1 heteroatoms. The lowest BCUT2D eigenvalue weighted by Crippen LogP contribution is -2.10. The molecule has 1 unspecified atom stereocenters. The summed E-state index contributed by atoms with van der Waals surface area (Å²) in [5.74, 6) is 0. The fourth-order valence-corrected chi connectivity index (χ4v) is 1.21. The van der Waals surface area contributed by atoms with Crippen molar-refractivity contribution in [3.05, 3.63) is 42.3 Å². The van der Waals surface area contributed by atoms with E-state index in [9.17, 15) is 5.11 Å². The minimum absolute atomic E-state index is 0.171. The van der Waals surface area contributed by atoms with Gasteiger partial charge in [-0.05, 0) is 23.5 Å². The molecular weight excluding hydrogens is 160 g/mol. The van der Waals surface area contributed by atoms with Crippen LogP contribution in [0.1, 0.15) is 38.0 Å². The first-order chi connectivity index (χ1) is 5.91. The van der Waals surface area contributed by atoms with Crippen LogP contribution in [0.2, 0.25) is 0 Å². The number of aliphatic hydroxyl groups excluding tert-OH is 1. The number of benzene rings is 1. The summed E-state index contributed by atoms with van der Waals surface area (Å²) in [6, 6.07) is 7.95. The summed E-state index contributed by atoms with van der Waals surface area (Å²) in [5.41, 5.74) is 2.31. The molecule has 1 rings (SSSR count). The smallest absolute Gasteiger partial charge is 0.0791 e. The van der Waals surface area contributed by atoms with Crippen molar-refractivity contribution in [3.8, 4) is 0 Å². The highest BCUT2D eigenvalue weighted by Gasteiger charge is 2.13. The van der Waals surface area contributed by atoms with Crippen LogP contribution in [0.3, 0.4) is 0 Å². The number of hydrogen-bond acceptors (Lipinski definition) is 1. The van der Waals surface area contributed by atoms with Gasteiger partial charge in [0.2, 0.25) is 0 Å². The van der Waals surface area contributed by atoms with Gasteiger partial charge in [-0.3, -0.25) is 0 Å². The lowest BCUT2D eigenvalue weighted by molar-refractivity contribution is 0.226. The maximum Gasteiger partial charge on any atom is 0.0791 e. The molecule has 1 N–H and O–H groups in total. The van der Waals surface area contributed by atoms with E-state index in [2.05, 4.69) is 27.7 Å². The first kappa shape index (κ1) is 10.3. The summed E-state index contributed by atoms with van der Waals surface area (Å²) in [5, 5.41) is 9.21. The van der Waals surface area contributed by atoms with Crippen LogP contribution in [-0.2, 0) is 5.41 Å². The zero-order valence-corrected chi connectivity index (χ0v) is 8.54. The molecule has 1 aromatic carbocycles. The Hall–Kier alpha value is -0.820. The van der Waals surface area contributed by atoms with Crippen molar-refractivity contribution in [3.63, 3.8) is 0 Å². The van der Waals surface area contributed by atoms with Gasteiger partial charge in [0, 0.05) is 0 Å². The molecule has 0 aliphatic rings. The monoisotopic (exact) mass is 177 g/mol. The summed E-state index contributed by atoms with van der Waals surface area (Å²) in [7, 11) is 0. The zero-order valence-electron chi connectivity index (χ0n) is 8.54. The van der Waals surface area contributed by atoms with Crippen LogP contribution in [0, 0.1) is 6.92 Å². The first-order valence-corrected chi connectivity index (χ1v) is 4.53. The molecule has 0 heterocycles. The van der Waals surface area contributed by atoms with Crippen LogP contribution < -0.4 is 0 Å². The standard InChI is InChI=1S/C12H17O/c1-9(13)10-5-7-11(8-6-10)12(2,3)4/h5-9,13H,1H2,2-4H3. The molecular formula is C12H17O. The summed E-state index contributed by atoms with van der Waals surface area (Å²) < 4.78 is 0. The average molecular weight is 177 g/mol. The molecule has 1 atom stereocenters. The summed E-state index contributed by atoms with van der Waals surface area (Å²) in [6.45, 7) is 10.1. The first-order valence-electron chi connectivity index (χ1n) is 4.53. The van der Waals surface area contributed by atoms with Crippen molar-refractivity contribution < 1.29 is 5.11 Å². The molecule has 0 aromatic heterocycles. The molecule has 1 aromatic rings. The van der Waals surface area contributed by atoms with Crippen molar-refractivity contribution >= 4 is 0 Å². The van der Waals surface area contributed by atoms with E-state index in [1.807, 2.05) is 24.3 Å². The Kier molecular flexibility index (Phi) is 2.77. The molecule has 0 aliphatic heterocycles. The van der Waals surface area contributed by atoms with Crippen LogP contribution in [0.5, 0.6) is 0 Å². The molecule has 1 radical (unpaired) electrons. The van der Waals surface area contributed by atoms with E-state index in [1.165, 1.54) is 5.56 Å². The normalized spacial score (nSPS) is 14.2. The van der Waals surface area contributed by atoms with E-state index in [-0.39, 0.29) is 5.41 Å². The molecule has 13 heavy (non-hydrogen) atoms. The molecule has 1 nitrogen and oxygen atoms in total. The van der Waals surface area contributed by atoms with Gasteiger partial charge >= 0.3 is 0 Å². The molecule has 0 fully saturated rings. The van der Waals surface area contributed by atoms with Gasteiger partial charge in [-0.1, -0.05) is 45.0 Å². The highest BCUT2D eigenvalue weighted by molar-refractivity contribution is 5.28. The van der Waals surface area contributed by atoms with Gasteiger partial charge in [0.15, 0.2) is 0 Å². The summed E-state index contributed by atoms with van der Waals surface area (Å²) >= 11 is 0. The molecule has 71 valence electrons. The zero-order chi connectivity index (χ0) is 10.1. The van der Waals surface area contributed by atoms with Crippen molar-refractivity contribution in [2.24, 2.45) is 0 Å². The Morgan fingerprint density at radius 1 is 1.15 bits per heavy atom. The van der Waals surface area contributed by atoms with E-state index in [4.69, 9.17) is 0 Å². The second-order valence-electron chi connectivity index (χ2n) is 4.39. The van der Waals surface area contributed by atoms with Gasteiger partial charge in [-0.2, -0.15) is 0 Å². The predicted octanol–water partition coefficient (Wildman–Crippen LogP) is 2.85. The van der Waals surface area contributed by atoms with Gasteiger partial charge in [0.1, 0.15) is 0 Å². The minimum atomic E-state index is -0.617. The average Bonchev–Trinajstić information content (AvgIpc) is 2.03. The summed E-state index contributed by atoms with van der Waals surface area (Å²) in [6.07, 6.45) is -0.617. The van der Waals surface area contributed by atoms with Crippen LogP contribution in [-0.4, -0.2) is 5.11 Å². The second kappa shape index (κ2) is 3.51. The van der Waals surface area contributed by atoms with Crippen molar-refractivity contribution in [1.82, 2.24) is 0 Å². The topological polar surface area (TPSA) is 20.2 Å². The van der Waals surface area contributed by atoms with E-state index >= 15 is 0 Å². The molecule has 0 saturated carbocycles. The van der Waals surface area contributed by atoms with E-state index in [1.54, 1.807) is 0 Å². The van der Waals surface area contributed by atoms with Gasteiger partial charge in [-0.25, -0.2) is 0 Å². The quantitative estimate of drug-likeness (QED) is 0.699. The van der Waals surface area contributed by atoms with Gasteiger partial charge in [-0.15, -0.1) is 0 Å². The lowest BCUT2D eigenvalue weighted by atomic mass is 9.86. The van der Waals surface area contributed by atoms with E-state index in [0.717, 1.165) is 5.56 Å². The third kappa shape index (κ3) is 2.56. The highest BCUT2D eigenvalue weighted by atomic mass is 16.3. The summed E-state index contributed by atoms with van der Waals surface area (Å²) in [4.78, 5) is 0.